The molecule has 0 spiro atoms. The molecule has 0 saturated heterocycles. The molecule has 1 rings (SSSR count). The van der Waals surface area contributed by atoms with Gasteiger partial charge in [-0.2, -0.15) is 0 Å². The molecule has 1 aromatic heterocycles. The molecule has 6 nitrogen and oxygen atoms in total. The molecule has 0 unspecified atom stereocenters. The van der Waals surface area contributed by atoms with Gasteiger partial charge in [0.15, 0.2) is 0 Å². The van der Waals surface area contributed by atoms with E-state index < -0.39 is 0 Å². The molecule has 0 radical (unpaired) electrons. The molecule has 0 bridgehead atoms. The third-order valence-corrected chi connectivity index (χ3v) is 2.94. The molecule has 0 aromatic carbocycles. The topological polar surface area (TPSA) is 87.3 Å². The smallest absolute Gasteiger partial charge is 0.148 e. The Morgan fingerprint density at radius 3 is 2.42 bits per heavy atom. The Labute approximate surface area is 115 Å². The number of aromatic nitrogens is 2. The van der Waals surface area contributed by atoms with E-state index in [0.717, 1.165) is 23.8 Å². The Hall–Kier alpha value is -1.40. The fraction of sp³-hybridized carbons (Fsp3) is 0.692. The minimum Gasteiger partial charge on any atom is -0.396 e. The van der Waals surface area contributed by atoms with Crippen molar-refractivity contribution in [3.8, 4) is 0 Å². The van der Waals surface area contributed by atoms with Gasteiger partial charge in [-0.15, -0.1) is 0 Å². The van der Waals surface area contributed by atoms with Gasteiger partial charge in [-0.05, 0) is 13.3 Å². The average Bonchev–Trinajstić information content (AvgIpc) is 2.34. The number of aliphatic hydroxyl groups excluding tert-OH is 1. The summed E-state index contributed by atoms with van der Waals surface area (Å²) < 4.78 is 0. The Morgan fingerprint density at radius 1 is 1.32 bits per heavy atom. The number of nitrogen functional groups attached to an aromatic ring is 1. The van der Waals surface area contributed by atoms with Crippen molar-refractivity contribution in [1.82, 2.24) is 9.97 Å². The number of hydrogen-bond donors (Lipinski definition) is 3. The Morgan fingerprint density at radius 2 is 1.95 bits per heavy atom. The van der Waals surface area contributed by atoms with Crippen molar-refractivity contribution in [3.05, 3.63) is 11.4 Å². The van der Waals surface area contributed by atoms with Gasteiger partial charge in [0.2, 0.25) is 0 Å². The van der Waals surface area contributed by atoms with E-state index in [2.05, 4.69) is 36.2 Å². The second-order valence-corrected chi connectivity index (χ2v) is 5.74. The quantitative estimate of drug-likeness (QED) is 0.548. The van der Waals surface area contributed by atoms with Crippen LogP contribution in [-0.2, 0) is 5.41 Å². The molecule has 6 heteroatoms. The predicted molar refractivity (Wildman–Crippen MR) is 78.3 cm³/mol. The van der Waals surface area contributed by atoms with Gasteiger partial charge in [0.05, 0.1) is 0 Å². The van der Waals surface area contributed by atoms with E-state index in [1.807, 2.05) is 18.9 Å². The molecular formula is C13H25N5O. The molecule has 0 aliphatic rings. The van der Waals surface area contributed by atoms with Crippen molar-refractivity contribution in [1.29, 1.82) is 0 Å². The lowest BCUT2D eigenvalue weighted by atomic mass is 9.95. The van der Waals surface area contributed by atoms with Crippen LogP contribution in [0, 0.1) is 6.92 Å². The Bertz CT molecular complexity index is 428. The second-order valence-electron chi connectivity index (χ2n) is 5.74. The summed E-state index contributed by atoms with van der Waals surface area (Å²) >= 11 is 0. The first kappa shape index (κ1) is 15.7. The summed E-state index contributed by atoms with van der Waals surface area (Å²) in [6, 6.07) is 0. The van der Waals surface area contributed by atoms with Crippen molar-refractivity contribution in [2.45, 2.75) is 39.5 Å². The molecule has 1 heterocycles. The van der Waals surface area contributed by atoms with Gasteiger partial charge in [-0.25, -0.2) is 15.8 Å². The molecule has 0 aliphatic carbocycles. The SMILES string of the molecule is Cc1c(NN)nc(C(C)(C)C)nc1N(C)CCCO. The van der Waals surface area contributed by atoms with Crippen LogP contribution in [0.5, 0.6) is 0 Å². The maximum atomic E-state index is 8.92. The van der Waals surface area contributed by atoms with Crippen LogP contribution in [0.3, 0.4) is 0 Å². The van der Waals surface area contributed by atoms with Crippen LogP contribution < -0.4 is 16.2 Å². The van der Waals surface area contributed by atoms with E-state index in [4.69, 9.17) is 10.9 Å². The Balaban J connectivity index is 3.21. The van der Waals surface area contributed by atoms with Crippen molar-refractivity contribution in [2.75, 3.05) is 30.5 Å². The van der Waals surface area contributed by atoms with Crippen molar-refractivity contribution < 1.29 is 5.11 Å². The van der Waals surface area contributed by atoms with Crippen molar-refractivity contribution >= 4 is 11.6 Å². The molecule has 0 atom stereocenters. The normalized spacial score (nSPS) is 11.5. The molecule has 0 saturated carbocycles. The fourth-order valence-corrected chi connectivity index (χ4v) is 1.77. The predicted octanol–water partition coefficient (Wildman–Crippen LogP) is 1.19. The molecule has 4 N–H and O–H groups in total. The first-order valence-corrected chi connectivity index (χ1v) is 6.49. The zero-order valence-corrected chi connectivity index (χ0v) is 12.5. The number of anilines is 2. The van der Waals surface area contributed by atoms with E-state index in [-0.39, 0.29) is 12.0 Å². The van der Waals surface area contributed by atoms with Crippen LogP contribution in [-0.4, -0.2) is 35.3 Å². The van der Waals surface area contributed by atoms with E-state index in [1.165, 1.54) is 0 Å². The third-order valence-electron chi connectivity index (χ3n) is 2.94. The summed E-state index contributed by atoms with van der Waals surface area (Å²) in [5.74, 6) is 7.77. The number of nitrogens with zero attached hydrogens (tertiary/aromatic N) is 3. The largest absolute Gasteiger partial charge is 0.396 e. The van der Waals surface area contributed by atoms with Gasteiger partial charge in [-0.3, -0.25) is 0 Å². The highest BCUT2D eigenvalue weighted by molar-refractivity contribution is 5.58. The van der Waals surface area contributed by atoms with Gasteiger partial charge >= 0.3 is 0 Å². The van der Waals surface area contributed by atoms with Crippen molar-refractivity contribution in [2.24, 2.45) is 5.84 Å². The van der Waals surface area contributed by atoms with Gasteiger partial charge < -0.3 is 15.4 Å². The van der Waals surface area contributed by atoms with Gasteiger partial charge in [0.25, 0.3) is 0 Å². The van der Waals surface area contributed by atoms with Gasteiger partial charge in [0, 0.05) is 31.2 Å². The number of hydrogen-bond acceptors (Lipinski definition) is 6. The number of hydrazine groups is 1. The summed E-state index contributed by atoms with van der Waals surface area (Å²) in [4.78, 5) is 11.1. The summed E-state index contributed by atoms with van der Waals surface area (Å²) in [7, 11) is 1.96. The molecule has 0 aliphatic heterocycles. The zero-order chi connectivity index (χ0) is 14.6. The maximum Gasteiger partial charge on any atom is 0.148 e. The van der Waals surface area contributed by atoms with Crippen LogP contribution in [0.15, 0.2) is 0 Å². The van der Waals surface area contributed by atoms with Gasteiger partial charge in [-0.1, -0.05) is 20.8 Å². The van der Waals surface area contributed by atoms with Crippen LogP contribution in [0.25, 0.3) is 0 Å². The van der Waals surface area contributed by atoms with Gasteiger partial charge in [0.1, 0.15) is 17.5 Å². The Kier molecular flexibility index (Phi) is 5.08. The van der Waals surface area contributed by atoms with Crippen LogP contribution >= 0.6 is 0 Å². The maximum absolute atomic E-state index is 8.92. The standard InChI is InChI=1S/C13H25N5O/c1-9-10(17-14)15-12(13(2,3)4)16-11(9)18(5)7-6-8-19/h19H,6-8,14H2,1-5H3,(H,15,16,17). The first-order valence-electron chi connectivity index (χ1n) is 6.49. The molecule has 1 aromatic rings. The summed E-state index contributed by atoms with van der Waals surface area (Å²) in [6.45, 7) is 9.04. The summed E-state index contributed by atoms with van der Waals surface area (Å²) in [5.41, 5.74) is 3.40. The van der Waals surface area contributed by atoms with Crippen LogP contribution in [0.1, 0.15) is 38.6 Å². The lowest BCUT2D eigenvalue weighted by molar-refractivity contribution is 0.290. The molecule has 0 amide bonds. The zero-order valence-electron chi connectivity index (χ0n) is 12.5. The lowest BCUT2D eigenvalue weighted by Gasteiger charge is -2.25. The highest BCUT2D eigenvalue weighted by atomic mass is 16.3. The summed E-state index contributed by atoms with van der Waals surface area (Å²) in [5, 5.41) is 8.92. The lowest BCUT2D eigenvalue weighted by Crippen LogP contribution is -2.26. The van der Waals surface area contributed by atoms with Crippen molar-refractivity contribution in [3.63, 3.8) is 0 Å². The fourth-order valence-electron chi connectivity index (χ4n) is 1.77. The monoisotopic (exact) mass is 267 g/mol. The van der Waals surface area contributed by atoms with E-state index in [1.54, 1.807) is 0 Å². The highest BCUT2D eigenvalue weighted by Crippen LogP contribution is 2.27. The number of nitrogens with two attached hydrogens (primary N) is 1. The molecule has 19 heavy (non-hydrogen) atoms. The molecule has 108 valence electrons. The number of nitrogens with one attached hydrogen (secondary N) is 1. The van der Waals surface area contributed by atoms with E-state index >= 15 is 0 Å². The number of aliphatic hydroxyl groups is 1. The van der Waals surface area contributed by atoms with E-state index in [9.17, 15) is 0 Å². The summed E-state index contributed by atoms with van der Waals surface area (Å²) in [6.07, 6.45) is 0.705. The third kappa shape index (κ3) is 3.78. The van der Waals surface area contributed by atoms with Crippen LogP contribution in [0.4, 0.5) is 11.6 Å². The average molecular weight is 267 g/mol. The minimum atomic E-state index is -0.147. The van der Waals surface area contributed by atoms with E-state index in [0.29, 0.717) is 12.2 Å². The first-order chi connectivity index (χ1) is 8.81. The second kappa shape index (κ2) is 6.16. The highest BCUT2D eigenvalue weighted by Gasteiger charge is 2.22. The molecule has 0 fully saturated rings. The minimum absolute atomic E-state index is 0.147. The van der Waals surface area contributed by atoms with Crippen LogP contribution in [0.2, 0.25) is 0 Å². The molecular weight excluding hydrogens is 242 g/mol. The number of rotatable bonds is 5.